The van der Waals surface area contributed by atoms with Gasteiger partial charge in [0.2, 0.25) is 0 Å². The molecule has 0 saturated carbocycles. The Kier molecular flexibility index (Phi) is 7.04. The molecule has 0 aliphatic carbocycles. The lowest BCUT2D eigenvalue weighted by molar-refractivity contribution is 0.901. The Hall–Kier alpha value is -6.84. The Balaban J connectivity index is 1.23. The maximum Gasteiger partial charge on any atom is 0.0625 e. The largest absolute Gasteiger partial charge is 0.398 e. The van der Waals surface area contributed by atoms with Crippen molar-refractivity contribution in [3.63, 3.8) is 0 Å². The highest BCUT2D eigenvalue weighted by atomic mass is 15.0. The van der Waals surface area contributed by atoms with Crippen LogP contribution in [-0.4, -0.2) is 9.13 Å². The van der Waals surface area contributed by atoms with Crippen molar-refractivity contribution in [2.75, 3.05) is 0 Å². The summed E-state index contributed by atoms with van der Waals surface area (Å²) in [6.45, 7) is 0.693. The third-order valence-electron chi connectivity index (χ3n) is 10.6. The molecule has 0 unspecified atom stereocenters. The van der Waals surface area contributed by atoms with Gasteiger partial charge in [0, 0.05) is 50.4 Å². The van der Waals surface area contributed by atoms with E-state index in [1.54, 1.807) is 0 Å². The predicted octanol–water partition coefficient (Wildman–Crippen LogP) is 12.3. The van der Waals surface area contributed by atoms with Crippen molar-refractivity contribution in [3.05, 3.63) is 199 Å². The molecule has 0 atom stereocenters. The first-order chi connectivity index (χ1) is 25.7. The van der Waals surface area contributed by atoms with E-state index >= 15 is 0 Å². The fourth-order valence-corrected chi connectivity index (χ4v) is 8.23. The molecule has 52 heavy (non-hydrogen) atoms. The zero-order chi connectivity index (χ0) is 34.6. The molecule has 0 spiro atoms. The Bertz CT molecular complexity index is 3020. The molecule has 0 bridgehead atoms. The minimum atomic E-state index is 0.693. The molecule has 2 aromatic heterocycles. The summed E-state index contributed by atoms with van der Waals surface area (Å²) in [5.41, 5.74) is 16.7. The van der Waals surface area contributed by atoms with Crippen LogP contribution in [0.1, 0.15) is 11.1 Å². The molecular weight excluding hydrogens is 631 g/mol. The van der Waals surface area contributed by atoms with Crippen molar-refractivity contribution in [3.8, 4) is 5.69 Å². The second-order valence-corrected chi connectivity index (χ2v) is 13.5. The second-order valence-electron chi connectivity index (χ2n) is 13.5. The molecule has 8 aromatic carbocycles. The van der Waals surface area contributed by atoms with Crippen LogP contribution in [0, 0.1) is 0 Å². The van der Waals surface area contributed by atoms with E-state index in [9.17, 15) is 0 Å². The van der Waals surface area contributed by atoms with Crippen LogP contribution in [0.15, 0.2) is 188 Å². The fraction of sp³-hybridized carbons (Fsp3) is 0.0204. The number of nitrogens with two attached hydrogens (primary N) is 1. The van der Waals surface area contributed by atoms with Crippen LogP contribution in [0.25, 0.3) is 82.1 Å². The maximum atomic E-state index is 6.69. The molecule has 10 rings (SSSR count). The van der Waals surface area contributed by atoms with Gasteiger partial charge in [-0.2, -0.15) is 0 Å². The Morgan fingerprint density at radius 2 is 1.04 bits per heavy atom. The second kappa shape index (κ2) is 12.2. The molecule has 0 aliphatic rings. The average Bonchev–Trinajstić information content (AvgIpc) is 3.73. The lowest BCUT2D eigenvalue weighted by atomic mass is 9.96. The van der Waals surface area contributed by atoms with E-state index in [2.05, 4.69) is 179 Å². The van der Waals surface area contributed by atoms with Gasteiger partial charge in [-0.3, -0.25) is 0 Å². The summed E-state index contributed by atoms with van der Waals surface area (Å²) >= 11 is 0. The first kappa shape index (κ1) is 30.0. The van der Waals surface area contributed by atoms with E-state index in [-0.39, 0.29) is 0 Å². The topological polar surface area (TPSA) is 35.9 Å². The van der Waals surface area contributed by atoms with Gasteiger partial charge in [0.15, 0.2) is 0 Å². The monoisotopic (exact) mass is 665 g/mol. The maximum absolute atomic E-state index is 6.69. The molecule has 0 amide bonds. The van der Waals surface area contributed by atoms with Crippen LogP contribution >= 0.6 is 0 Å². The summed E-state index contributed by atoms with van der Waals surface area (Å²) in [6.07, 6.45) is 4.42. The predicted molar refractivity (Wildman–Crippen MR) is 222 cm³/mol. The van der Waals surface area contributed by atoms with Crippen molar-refractivity contribution in [1.82, 2.24) is 9.13 Å². The zero-order valence-electron chi connectivity index (χ0n) is 28.6. The van der Waals surface area contributed by atoms with Crippen molar-refractivity contribution in [1.29, 1.82) is 0 Å². The van der Waals surface area contributed by atoms with Gasteiger partial charge in [-0.05, 0) is 69.3 Å². The minimum absolute atomic E-state index is 0.693. The van der Waals surface area contributed by atoms with Crippen LogP contribution in [0.3, 0.4) is 0 Å². The van der Waals surface area contributed by atoms with Gasteiger partial charge in [0.25, 0.3) is 0 Å². The molecule has 0 fully saturated rings. The Labute approximate surface area is 301 Å². The first-order valence-corrected chi connectivity index (χ1v) is 17.9. The summed E-state index contributed by atoms with van der Waals surface area (Å²) in [5, 5.41) is 10.1. The Morgan fingerprint density at radius 1 is 0.462 bits per heavy atom. The first-order valence-electron chi connectivity index (χ1n) is 17.9. The van der Waals surface area contributed by atoms with E-state index in [0.717, 1.165) is 22.4 Å². The number of hydrogen-bond acceptors (Lipinski definition) is 1. The molecule has 0 radical (unpaired) electrons. The number of benzene rings is 8. The van der Waals surface area contributed by atoms with Crippen LogP contribution in [0.5, 0.6) is 0 Å². The number of hydrogen-bond donors (Lipinski definition) is 1. The summed E-state index contributed by atoms with van der Waals surface area (Å²) in [7, 11) is 0. The number of aromatic nitrogens is 2. The van der Waals surface area contributed by atoms with E-state index in [1.807, 2.05) is 18.2 Å². The van der Waals surface area contributed by atoms with Gasteiger partial charge in [-0.25, -0.2) is 0 Å². The molecule has 2 heterocycles. The fourth-order valence-electron chi connectivity index (χ4n) is 8.23. The standard InChI is InChI=1S/C49H35N3/c50-43(34-16-6-2-7-17-34)32-36(33-14-4-1-5-15-33)30-31-51-44-22-12-11-21-42(44)48-40-26-24-35-25-27-41-38-20-10-13-23-45(38)52(37-18-8-3-9-19-37)49(41)47(35)39(40)28-29-46(48)51/h1-30,32H,31,50H2/b36-30+,43-32-. The van der Waals surface area contributed by atoms with Gasteiger partial charge in [0.1, 0.15) is 0 Å². The number of para-hydroxylation sites is 3. The quantitative estimate of drug-likeness (QED) is 0.139. The third-order valence-corrected chi connectivity index (χ3v) is 10.6. The van der Waals surface area contributed by atoms with Gasteiger partial charge in [0.05, 0.1) is 16.6 Å². The molecule has 3 heteroatoms. The molecule has 0 aliphatic heterocycles. The van der Waals surface area contributed by atoms with Crippen molar-refractivity contribution in [2.45, 2.75) is 6.54 Å². The summed E-state index contributed by atoms with van der Waals surface area (Å²) < 4.78 is 4.90. The average molecular weight is 666 g/mol. The van der Waals surface area contributed by atoms with Gasteiger partial charge in [-0.15, -0.1) is 0 Å². The van der Waals surface area contributed by atoms with E-state index in [4.69, 9.17) is 5.73 Å². The van der Waals surface area contributed by atoms with Crippen molar-refractivity contribution in [2.24, 2.45) is 5.73 Å². The van der Waals surface area contributed by atoms with Crippen LogP contribution < -0.4 is 5.73 Å². The SMILES string of the molecule is N/C(=C\C(=C/Cn1c2ccccc2c2c3ccc4ccc5c6ccccc6n(-c6ccccc6)c5c4c3ccc21)c1ccccc1)c1ccccc1. The van der Waals surface area contributed by atoms with Crippen LogP contribution in [0.2, 0.25) is 0 Å². The van der Waals surface area contributed by atoms with E-state index < -0.39 is 0 Å². The van der Waals surface area contributed by atoms with Crippen LogP contribution in [0.4, 0.5) is 0 Å². The van der Waals surface area contributed by atoms with E-state index in [0.29, 0.717) is 6.54 Å². The van der Waals surface area contributed by atoms with Crippen molar-refractivity contribution < 1.29 is 0 Å². The number of allylic oxidation sites excluding steroid dienone is 3. The molecule has 2 N–H and O–H groups in total. The minimum Gasteiger partial charge on any atom is -0.398 e. The van der Waals surface area contributed by atoms with Gasteiger partial charge >= 0.3 is 0 Å². The zero-order valence-corrected chi connectivity index (χ0v) is 28.6. The smallest absolute Gasteiger partial charge is 0.0625 e. The lowest BCUT2D eigenvalue weighted by Crippen LogP contribution is -1.99. The molecule has 0 saturated heterocycles. The third kappa shape index (κ3) is 4.74. The lowest BCUT2D eigenvalue weighted by Gasteiger charge is -2.13. The number of nitrogens with zero attached hydrogens (tertiary/aromatic N) is 2. The molecule has 246 valence electrons. The van der Waals surface area contributed by atoms with E-state index in [1.165, 1.54) is 70.8 Å². The highest BCUT2D eigenvalue weighted by Gasteiger charge is 2.19. The summed E-state index contributed by atoms with van der Waals surface area (Å²) in [5.74, 6) is 0. The molecule has 10 aromatic rings. The number of rotatable bonds is 6. The van der Waals surface area contributed by atoms with Gasteiger partial charge < -0.3 is 14.9 Å². The molecular formula is C49H35N3. The molecule has 3 nitrogen and oxygen atoms in total. The summed E-state index contributed by atoms with van der Waals surface area (Å²) in [6, 6.07) is 63.0. The highest BCUT2D eigenvalue weighted by Crippen LogP contribution is 2.42. The van der Waals surface area contributed by atoms with Crippen LogP contribution in [-0.2, 0) is 6.54 Å². The summed E-state index contributed by atoms with van der Waals surface area (Å²) in [4.78, 5) is 0. The normalized spacial score (nSPS) is 12.6. The highest BCUT2D eigenvalue weighted by molar-refractivity contribution is 6.30. The number of fused-ring (bicyclic) bond motifs is 11. The Morgan fingerprint density at radius 3 is 1.79 bits per heavy atom. The van der Waals surface area contributed by atoms with Gasteiger partial charge in [-0.1, -0.05) is 152 Å². The van der Waals surface area contributed by atoms with Crippen molar-refractivity contribution >= 4 is 76.4 Å².